The number of anilines is 2. The third-order valence-corrected chi connectivity index (χ3v) is 10.9. The van der Waals surface area contributed by atoms with E-state index in [0.29, 0.717) is 62.1 Å². The Morgan fingerprint density at radius 2 is 1.70 bits per heavy atom. The molecule has 0 saturated carbocycles. The summed E-state index contributed by atoms with van der Waals surface area (Å²) in [7, 11) is 0. The number of carbonyl (C=O) groups excluding carboxylic acids is 2. The Bertz CT molecular complexity index is 2010. The first kappa shape index (κ1) is 36.3. The van der Waals surface area contributed by atoms with Crippen LogP contribution in [0.15, 0.2) is 66.9 Å². The fourth-order valence-electron chi connectivity index (χ4n) is 8.01. The van der Waals surface area contributed by atoms with Gasteiger partial charge in [0.05, 0.1) is 35.0 Å². The monoisotopic (exact) mass is 730 g/mol. The first-order valence-electron chi connectivity index (χ1n) is 18.3. The highest BCUT2D eigenvalue weighted by molar-refractivity contribution is 6.09. The summed E-state index contributed by atoms with van der Waals surface area (Å²) in [4.78, 5) is 30.1. The van der Waals surface area contributed by atoms with Crippen LogP contribution in [0.25, 0.3) is 10.9 Å². The quantitative estimate of drug-likeness (QED) is 0.131. The SMILES string of the molecule is N#Cc1ccc(N2CCC(c3ccc(OCCCCN4CCC(n5ccc6c(N7CCC(=O)NC7=O)cccc65)CC4)cc3F)CC2)cc1C(F)(F)F. The predicted octanol–water partition coefficient (Wildman–Crippen LogP) is 8.00. The van der Waals surface area contributed by atoms with E-state index in [1.54, 1.807) is 23.1 Å². The summed E-state index contributed by atoms with van der Waals surface area (Å²) < 4.78 is 63.8. The fourth-order valence-corrected chi connectivity index (χ4v) is 8.01. The molecule has 53 heavy (non-hydrogen) atoms. The molecular weight excluding hydrogens is 688 g/mol. The average Bonchev–Trinajstić information content (AvgIpc) is 3.59. The number of carbonyl (C=O) groups is 2. The number of urea groups is 1. The van der Waals surface area contributed by atoms with Gasteiger partial charge in [-0.1, -0.05) is 12.1 Å². The molecule has 13 heteroatoms. The number of rotatable bonds is 10. The number of imide groups is 1. The number of nitrogens with zero attached hydrogens (tertiary/aromatic N) is 5. The van der Waals surface area contributed by atoms with Crippen LogP contribution in [-0.4, -0.2) is 67.3 Å². The summed E-state index contributed by atoms with van der Waals surface area (Å²) in [5.41, 5.74) is 1.58. The number of fused-ring (bicyclic) bond motifs is 1. The zero-order valence-corrected chi connectivity index (χ0v) is 29.4. The molecule has 9 nitrogen and oxygen atoms in total. The van der Waals surface area contributed by atoms with Crippen LogP contribution in [0.5, 0.6) is 5.75 Å². The van der Waals surface area contributed by atoms with Crippen molar-refractivity contribution in [2.75, 3.05) is 55.7 Å². The van der Waals surface area contributed by atoms with Gasteiger partial charge in [-0.3, -0.25) is 15.0 Å². The second-order valence-corrected chi connectivity index (χ2v) is 14.1. The molecule has 1 N–H and O–H groups in total. The summed E-state index contributed by atoms with van der Waals surface area (Å²) in [5, 5.41) is 12.5. The number of piperidine rings is 2. The van der Waals surface area contributed by atoms with Crippen molar-refractivity contribution < 1.29 is 31.9 Å². The van der Waals surface area contributed by atoms with Crippen LogP contribution in [-0.2, 0) is 11.0 Å². The molecule has 3 aliphatic rings. The molecule has 3 saturated heterocycles. The van der Waals surface area contributed by atoms with Gasteiger partial charge in [0, 0.05) is 68.5 Å². The van der Waals surface area contributed by atoms with Crippen molar-refractivity contribution in [1.82, 2.24) is 14.8 Å². The van der Waals surface area contributed by atoms with Crippen LogP contribution in [0, 0.1) is 17.1 Å². The third-order valence-electron chi connectivity index (χ3n) is 10.9. The average molecular weight is 731 g/mol. The van der Waals surface area contributed by atoms with E-state index < -0.39 is 17.3 Å². The number of hydrogen-bond donors (Lipinski definition) is 1. The highest BCUT2D eigenvalue weighted by atomic mass is 19.4. The number of aromatic nitrogens is 1. The lowest BCUT2D eigenvalue weighted by Gasteiger charge is -2.34. The molecule has 278 valence electrons. The summed E-state index contributed by atoms with van der Waals surface area (Å²) in [5.74, 6) is -0.140. The minimum absolute atomic E-state index is 0.0468. The van der Waals surface area contributed by atoms with Crippen molar-refractivity contribution in [3.8, 4) is 11.8 Å². The van der Waals surface area contributed by atoms with Gasteiger partial charge in [-0.05, 0) is 99.0 Å². The second kappa shape index (κ2) is 15.5. The van der Waals surface area contributed by atoms with Gasteiger partial charge in [-0.15, -0.1) is 0 Å². The first-order valence-corrected chi connectivity index (χ1v) is 18.3. The standard InChI is InChI=1S/C40H42F4N6O3/c41-35-25-31(8-9-32(35)27-10-19-48(20-11-27)30-7-6-28(26-45)34(24-30)40(42,43)44)53-23-2-1-16-47-17-12-29(13-18-47)49-21-14-33-36(49)4-3-5-37(33)50-22-15-38(51)46-39(50)52/h3-9,14,21,24-25,27,29H,1-2,10-13,15-20,22-23H2,(H,46,51,52). The smallest absolute Gasteiger partial charge is 0.417 e. The molecule has 1 aromatic heterocycles. The molecule has 4 aromatic rings. The molecule has 0 spiro atoms. The predicted molar refractivity (Wildman–Crippen MR) is 194 cm³/mol. The van der Waals surface area contributed by atoms with Crippen LogP contribution in [0.3, 0.4) is 0 Å². The van der Waals surface area contributed by atoms with Crippen molar-refractivity contribution in [3.05, 3.63) is 89.4 Å². The number of hydrogen-bond acceptors (Lipinski definition) is 6. The molecule has 3 aliphatic heterocycles. The van der Waals surface area contributed by atoms with Crippen LogP contribution < -0.4 is 19.9 Å². The summed E-state index contributed by atoms with van der Waals surface area (Å²) in [6.45, 7) is 4.75. The molecular formula is C40H42F4N6O3. The molecule has 0 unspecified atom stereocenters. The third kappa shape index (κ3) is 7.98. The topological polar surface area (TPSA) is 93.8 Å². The van der Waals surface area contributed by atoms with E-state index in [9.17, 15) is 22.8 Å². The summed E-state index contributed by atoms with van der Waals surface area (Å²) >= 11 is 0. The van der Waals surface area contributed by atoms with Gasteiger partial charge in [0.15, 0.2) is 0 Å². The molecule has 3 amide bonds. The van der Waals surface area contributed by atoms with Crippen molar-refractivity contribution in [2.24, 2.45) is 0 Å². The van der Waals surface area contributed by atoms with Gasteiger partial charge in [0.1, 0.15) is 11.6 Å². The van der Waals surface area contributed by atoms with Crippen LogP contribution in [0.2, 0.25) is 0 Å². The van der Waals surface area contributed by atoms with Gasteiger partial charge in [-0.25, -0.2) is 9.18 Å². The number of ether oxygens (including phenoxy) is 1. The Morgan fingerprint density at radius 3 is 2.42 bits per heavy atom. The van der Waals surface area contributed by atoms with Crippen molar-refractivity contribution in [2.45, 2.75) is 63.1 Å². The minimum Gasteiger partial charge on any atom is -0.493 e. The Hall–Kier alpha value is -5.09. The molecule has 4 heterocycles. The van der Waals surface area contributed by atoms with Gasteiger partial charge >= 0.3 is 12.2 Å². The number of benzene rings is 3. The lowest BCUT2D eigenvalue weighted by molar-refractivity contribution is -0.137. The normalized spacial score (nSPS) is 18.0. The molecule has 0 bridgehead atoms. The Kier molecular flexibility index (Phi) is 10.6. The molecule has 3 aromatic carbocycles. The molecule has 3 fully saturated rings. The highest BCUT2D eigenvalue weighted by Crippen LogP contribution is 2.38. The van der Waals surface area contributed by atoms with Crippen molar-refractivity contribution >= 4 is 34.2 Å². The number of nitriles is 1. The first-order chi connectivity index (χ1) is 25.6. The number of amides is 3. The Labute approximate surface area is 305 Å². The highest BCUT2D eigenvalue weighted by Gasteiger charge is 2.35. The van der Waals surface area contributed by atoms with Gasteiger partial charge < -0.3 is 19.1 Å². The van der Waals surface area contributed by atoms with E-state index in [2.05, 4.69) is 33.1 Å². The van der Waals surface area contributed by atoms with Crippen molar-refractivity contribution in [3.63, 3.8) is 0 Å². The Morgan fingerprint density at radius 1 is 0.906 bits per heavy atom. The van der Waals surface area contributed by atoms with Crippen LogP contribution in [0.1, 0.15) is 73.6 Å². The summed E-state index contributed by atoms with van der Waals surface area (Å²) in [6, 6.07) is 18.4. The number of unbranched alkanes of at least 4 members (excludes halogenated alkanes) is 1. The van der Waals surface area contributed by atoms with E-state index in [-0.39, 0.29) is 30.1 Å². The summed E-state index contributed by atoms with van der Waals surface area (Å²) in [6.07, 6.45) is 2.81. The van der Waals surface area contributed by atoms with Crippen LogP contribution >= 0.6 is 0 Å². The number of alkyl halides is 3. The number of halogens is 4. The lowest BCUT2D eigenvalue weighted by atomic mass is 9.88. The van der Waals surface area contributed by atoms with Gasteiger partial charge in [-0.2, -0.15) is 18.4 Å². The van der Waals surface area contributed by atoms with E-state index in [4.69, 9.17) is 10.00 Å². The van der Waals surface area contributed by atoms with E-state index >= 15 is 4.39 Å². The lowest BCUT2D eigenvalue weighted by Crippen LogP contribution is -2.49. The molecule has 0 aliphatic carbocycles. The maximum Gasteiger partial charge on any atom is 0.417 e. The molecule has 0 radical (unpaired) electrons. The fraction of sp³-hybridized carbons (Fsp3) is 0.425. The van der Waals surface area contributed by atoms with E-state index in [1.807, 2.05) is 17.0 Å². The minimum atomic E-state index is -4.61. The van der Waals surface area contributed by atoms with Crippen molar-refractivity contribution in [1.29, 1.82) is 5.26 Å². The molecule has 0 atom stereocenters. The number of likely N-dealkylation sites (tertiary alicyclic amines) is 1. The Balaban J connectivity index is 0.836. The maximum absolute atomic E-state index is 15.2. The second-order valence-electron chi connectivity index (χ2n) is 14.1. The largest absolute Gasteiger partial charge is 0.493 e. The van der Waals surface area contributed by atoms with Crippen LogP contribution in [0.4, 0.5) is 33.7 Å². The zero-order valence-electron chi connectivity index (χ0n) is 29.4. The maximum atomic E-state index is 15.2. The van der Waals surface area contributed by atoms with E-state index in [0.717, 1.165) is 68.0 Å². The van der Waals surface area contributed by atoms with Gasteiger partial charge in [0.25, 0.3) is 0 Å². The van der Waals surface area contributed by atoms with Gasteiger partial charge in [0.2, 0.25) is 5.91 Å². The van der Waals surface area contributed by atoms with E-state index in [1.165, 1.54) is 18.2 Å². The molecule has 7 rings (SSSR count). The zero-order chi connectivity index (χ0) is 37.1. The number of nitrogens with one attached hydrogen (secondary N) is 1.